The maximum Gasteiger partial charge on any atom is 0.315 e. The van der Waals surface area contributed by atoms with Crippen molar-refractivity contribution in [1.29, 1.82) is 0 Å². The Balaban J connectivity index is 1.52. The summed E-state index contributed by atoms with van der Waals surface area (Å²) in [4.78, 5) is 12.9. The van der Waals surface area contributed by atoms with E-state index >= 15 is 0 Å². The molecule has 3 N–H and O–H groups in total. The highest BCUT2D eigenvalue weighted by atomic mass is 35.5. The number of carbonyl (C=O) groups is 1. The summed E-state index contributed by atoms with van der Waals surface area (Å²) >= 11 is 7.36. The monoisotopic (exact) mass is 350 g/mol. The lowest BCUT2D eigenvalue weighted by Crippen LogP contribution is -2.45. The summed E-state index contributed by atoms with van der Waals surface area (Å²) in [7, 11) is 0. The molecule has 0 saturated heterocycles. The number of aliphatic hydroxyl groups is 1. The van der Waals surface area contributed by atoms with Crippen LogP contribution in [0.5, 0.6) is 0 Å². The van der Waals surface area contributed by atoms with Gasteiger partial charge in [0.25, 0.3) is 0 Å². The molecule has 122 valence electrons. The molecule has 2 aromatic rings. The largest absolute Gasteiger partial charge is 0.382 e. The van der Waals surface area contributed by atoms with Crippen LogP contribution in [0.15, 0.2) is 41.8 Å². The summed E-state index contributed by atoms with van der Waals surface area (Å²) in [6, 6.07) is 10.9. The molecule has 6 heteroatoms. The molecular formula is C17H19ClN2O2S. The molecule has 1 atom stereocenters. The first-order valence-corrected chi connectivity index (χ1v) is 8.86. The normalized spacial score (nSPS) is 16.6. The Kier molecular flexibility index (Phi) is 4.90. The molecule has 1 heterocycles. The molecule has 1 fully saturated rings. The Bertz CT molecular complexity index is 656. The molecule has 0 spiro atoms. The van der Waals surface area contributed by atoms with Crippen LogP contribution in [-0.2, 0) is 12.1 Å². The van der Waals surface area contributed by atoms with E-state index in [2.05, 4.69) is 10.6 Å². The lowest BCUT2D eigenvalue weighted by Gasteiger charge is -2.27. The van der Waals surface area contributed by atoms with Gasteiger partial charge in [0.2, 0.25) is 0 Å². The Hall–Kier alpha value is -1.56. The molecular weight excluding hydrogens is 332 g/mol. The van der Waals surface area contributed by atoms with Gasteiger partial charge in [-0.15, -0.1) is 11.3 Å². The second-order valence-electron chi connectivity index (χ2n) is 5.84. The van der Waals surface area contributed by atoms with Gasteiger partial charge in [-0.25, -0.2) is 4.79 Å². The zero-order valence-corrected chi connectivity index (χ0v) is 14.2. The predicted octanol–water partition coefficient (Wildman–Crippen LogP) is 3.50. The number of amides is 2. The first kappa shape index (κ1) is 16.3. The fraction of sp³-hybridized carbons (Fsp3) is 0.353. The number of benzene rings is 1. The molecule has 1 aromatic heterocycles. The second kappa shape index (κ2) is 6.91. The second-order valence-corrected chi connectivity index (χ2v) is 7.22. The fourth-order valence-corrected chi connectivity index (χ4v) is 3.61. The molecule has 3 rings (SSSR count). The zero-order chi connectivity index (χ0) is 16.3. The van der Waals surface area contributed by atoms with E-state index in [1.807, 2.05) is 29.6 Å². The highest BCUT2D eigenvalue weighted by Gasteiger charge is 2.45. The summed E-state index contributed by atoms with van der Waals surface area (Å²) in [5, 5.41) is 19.1. The quantitative estimate of drug-likeness (QED) is 0.746. The van der Waals surface area contributed by atoms with E-state index in [1.165, 1.54) is 11.3 Å². The van der Waals surface area contributed by atoms with E-state index < -0.39 is 5.60 Å². The Morgan fingerprint density at radius 1 is 1.26 bits per heavy atom. The number of urea groups is 1. The van der Waals surface area contributed by atoms with Crippen molar-refractivity contribution >= 4 is 29.0 Å². The minimum absolute atomic E-state index is 0.227. The van der Waals surface area contributed by atoms with Crippen molar-refractivity contribution in [3.8, 4) is 0 Å². The Labute approximate surface area is 144 Å². The molecule has 1 aliphatic carbocycles. The molecule has 1 saturated carbocycles. The summed E-state index contributed by atoms with van der Waals surface area (Å²) in [6.45, 7) is 0.647. The van der Waals surface area contributed by atoms with Crippen LogP contribution in [0.1, 0.15) is 23.3 Å². The standard InChI is InChI=1S/C17H19ClN2O2S/c18-14-7-3-12(4-8-14)10-19-16(21)20-11-17(22,13-5-6-13)15-2-1-9-23-15/h1-4,7-9,13,22H,5-6,10-11H2,(H2,19,20,21)/t17-/m1/s1. The van der Waals surface area contributed by atoms with E-state index in [0.717, 1.165) is 23.3 Å². The number of hydrogen-bond acceptors (Lipinski definition) is 3. The predicted molar refractivity (Wildman–Crippen MR) is 92.6 cm³/mol. The van der Waals surface area contributed by atoms with Crippen LogP contribution in [0.3, 0.4) is 0 Å². The van der Waals surface area contributed by atoms with Crippen LogP contribution in [0.4, 0.5) is 4.79 Å². The fourth-order valence-electron chi connectivity index (χ4n) is 2.58. The number of carbonyl (C=O) groups excluding carboxylic acids is 1. The Morgan fingerprint density at radius 3 is 2.61 bits per heavy atom. The van der Waals surface area contributed by atoms with Gasteiger partial charge in [0.1, 0.15) is 5.60 Å². The van der Waals surface area contributed by atoms with Gasteiger partial charge in [-0.3, -0.25) is 0 Å². The van der Waals surface area contributed by atoms with Gasteiger partial charge in [0, 0.05) is 16.4 Å². The molecule has 23 heavy (non-hydrogen) atoms. The molecule has 1 aliphatic rings. The van der Waals surface area contributed by atoms with Gasteiger partial charge in [-0.05, 0) is 47.9 Å². The van der Waals surface area contributed by atoms with Crippen LogP contribution in [0.2, 0.25) is 5.02 Å². The van der Waals surface area contributed by atoms with Crippen LogP contribution in [0, 0.1) is 5.92 Å². The third kappa shape index (κ3) is 4.05. The van der Waals surface area contributed by atoms with Crippen molar-refractivity contribution in [2.45, 2.75) is 25.0 Å². The van der Waals surface area contributed by atoms with E-state index in [-0.39, 0.29) is 18.5 Å². The SMILES string of the molecule is O=C(NCc1ccc(Cl)cc1)NC[C@](O)(c1cccs1)C1CC1. The van der Waals surface area contributed by atoms with Crippen molar-refractivity contribution < 1.29 is 9.90 Å². The molecule has 0 bridgehead atoms. The highest BCUT2D eigenvalue weighted by Crippen LogP contribution is 2.46. The Morgan fingerprint density at radius 2 is 2.00 bits per heavy atom. The third-order valence-corrected chi connectivity index (χ3v) is 5.37. The molecule has 1 aromatic carbocycles. The van der Waals surface area contributed by atoms with Crippen molar-refractivity contribution in [3.63, 3.8) is 0 Å². The van der Waals surface area contributed by atoms with Crippen molar-refractivity contribution in [2.24, 2.45) is 5.92 Å². The van der Waals surface area contributed by atoms with Gasteiger partial charge < -0.3 is 15.7 Å². The maximum absolute atomic E-state index is 12.0. The van der Waals surface area contributed by atoms with Crippen LogP contribution >= 0.6 is 22.9 Å². The van der Waals surface area contributed by atoms with Crippen molar-refractivity contribution in [1.82, 2.24) is 10.6 Å². The van der Waals surface area contributed by atoms with Gasteiger partial charge in [-0.1, -0.05) is 29.8 Å². The van der Waals surface area contributed by atoms with Crippen LogP contribution < -0.4 is 10.6 Å². The maximum atomic E-state index is 12.0. The number of halogens is 1. The molecule has 0 unspecified atom stereocenters. The summed E-state index contributed by atoms with van der Waals surface area (Å²) in [5.74, 6) is 0.234. The topological polar surface area (TPSA) is 61.4 Å². The first-order valence-electron chi connectivity index (χ1n) is 7.60. The zero-order valence-electron chi connectivity index (χ0n) is 12.6. The van der Waals surface area contributed by atoms with Crippen LogP contribution in [0.25, 0.3) is 0 Å². The minimum Gasteiger partial charge on any atom is -0.382 e. The summed E-state index contributed by atoms with van der Waals surface area (Å²) in [6.07, 6.45) is 2.00. The van der Waals surface area contributed by atoms with E-state index in [0.29, 0.717) is 11.6 Å². The average molecular weight is 351 g/mol. The van der Waals surface area contributed by atoms with Gasteiger partial charge in [0.05, 0.1) is 6.54 Å². The van der Waals surface area contributed by atoms with E-state index in [4.69, 9.17) is 11.6 Å². The smallest absolute Gasteiger partial charge is 0.315 e. The number of thiophene rings is 1. The van der Waals surface area contributed by atoms with Crippen molar-refractivity contribution in [2.75, 3.05) is 6.54 Å². The number of rotatable bonds is 6. The highest BCUT2D eigenvalue weighted by molar-refractivity contribution is 7.10. The first-order chi connectivity index (χ1) is 11.1. The van der Waals surface area contributed by atoms with Crippen LogP contribution in [-0.4, -0.2) is 17.7 Å². The van der Waals surface area contributed by atoms with Crippen molar-refractivity contribution in [3.05, 3.63) is 57.2 Å². The number of nitrogens with one attached hydrogen (secondary N) is 2. The lowest BCUT2D eigenvalue weighted by molar-refractivity contribution is 0.0196. The molecule has 0 aliphatic heterocycles. The summed E-state index contributed by atoms with van der Waals surface area (Å²) in [5.41, 5.74) is 0.0199. The lowest BCUT2D eigenvalue weighted by atomic mass is 9.96. The third-order valence-electron chi connectivity index (χ3n) is 4.09. The minimum atomic E-state index is -0.953. The molecule has 4 nitrogen and oxygen atoms in total. The van der Waals surface area contributed by atoms with Gasteiger partial charge in [0.15, 0.2) is 0 Å². The summed E-state index contributed by atoms with van der Waals surface area (Å²) < 4.78 is 0. The van der Waals surface area contributed by atoms with E-state index in [9.17, 15) is 9.90 Å². The van der Waals surface area contributed by atoms with Gasteiger partial charge >= 0.3 is 6.03 Å². The van der Waals surface area contributed by atoms with Gasteiger partial charge in [-0.2, -0.15) is 0 Å². The van der Waals surface area contributed by atoms with E-state index in [1.54, 1.807) is 12.1 Å². The molecule has 2 amide bonds. The molecule has 0 radical (unpaired) electrons. The number of hydrogen-bond donors (Lipinski definition) is 3. The average Bonchev–Trinajstić information content (AvgIpc) is 3.27.